The Kier molecular flexibility index (Phi) is 6.01. The molecule has 1 unspecified atom stereocenters. The number of carboxylic acid groups (broad SMARTS) is 1. The van der Waals surface area contributed by atoms with Crippen LogP contribution in [0.1, 0.15) is 51.1 Å². The number of carboxylic acids is 1. The van der Waals surface area contributed by atoms with E-state index < -0.39 is 30.1 Å². The van der Waals surface area contributed by atoms with Gasteiger partial charge in [0.2, 0.25) is 0 Å². The van der Waals surface area contributed by atoms with Crippen LogP contribution in [0.3, 0.4) is 0 Å². The van der Waals surface area contributed by atoms with Crippen LogP contribution in [0.15, 0.2) is 48.5 Å². The first kappa shape index (κ1) is 21.3. The van der Waals surface area contributed by atoms with Gasteiger partial charge in [0, 0.05) is 11.4 Å². The molecule has 0 aromatic heterocycles. The van der Waals surface area contributed by atoms with Crippen molar-refractivity contribution in [1.82, 2.24) is 0 Å². The number of hydrogen-bond donors (Lipinski definition) is 1. The van der Waals surface area contributed by atoms with Crippen LogP contribution in [0.4, 0.5) is 4.39 Å². The number of rotatable bonds is 7. The second-order valence-electron chi connectivity index (χ2n) is 8.28. The minimum Gasteiger partial charge on any atom is -0.489 e. The molecule has 154 valence electrons. The summed E-state index contributed by atoms with van der Waals surface area (Å²) in [5.41, 5.74) is 0.163. The Labute approximate surface area is 170 Å². The van der Waals surface area contributed by atoms with Crippen LogP contribution < -0.4 is 4.74 Å². The molecule has 0 amide bonds. The van der Waals surface area contributed by atoms with Gasteiger partial charge >= 0.3 is 13.1 Å². The van der Waals surface area contributed by atoms with Crippen molar-refractivity contribution in [2.45, 2.75) is 57.7 Å². The standard InChI is InChI=1S/C22H26BFO5/c1-21(2)22(3,4)29-23(28-21)18(13-20(25)26)15-9-11-17(12-10-15)27-14-16-7-5-6-8-19(16)24/h5-12,18H,13-14H2,1-4H3,(H,25,26). The molecular weight excluding hydrogens is 374 g/mol. The van der Waals surface area contributed by atoms with Gasteiger partial charge in [-0.3, -0.25) is 4.79 Å². The zero-order chi connectivity index (χ0) is 21.2. The molecule has 0 radical (unpaired) electrons. The zero-order valence-electron chi connectivity index (χ0n) is 17.1. The van der Waals surface area contributed by atoms with E-state index in [9.17, 15) is 14.3 Å². The molecule has 7 heteroatoms. The molecule has 2 aromatic rings. The average molecular weight is 400 g/mol. The van der Waals surface area contributed by atoms with E-state index in [1.807, 2.05) is 27.7 Å². The lowest BCUT2D eigenvalue weighted by atomic mass is 9.66. The van der Waals surface area contributed by atoms with Crippen LogP contribution in [0.25, 0.3) is 0 Å². The van der Waals surface area contributed by atoms with E-state index in [-0.39, 0.29) is 18.8 Å². The van der Waals surface area contributed by atoms with Gasteiger partial charge in [-0.2, -0.15) is 0 Å². The van der Waals surface area contributed by atoms with Crippen molar-refractivity contribution in [3.8, 4) is 5.75 Å². The molecular formula is C22H26BFO5. The largest absolute Gasteiger partial charge is 0.489 e. The minimum atomic E-state index is -0.926. The Bertz CT molecular complexity index is 850. The maximum Gasteiger partial charge on any atom is 0.466 e. The van der Waals surface area contributed by atoms with Crippen molar-refractivity contribution >= 4 is 13.1 Å². The SMILES string of the molecule is CC1(C)OB(C(CC(=O)O)c2ccc(OCc3ccccc3F)cc2)OC1(C)C. The number of carbonyl (C=O) groups is 1. The molecule has 1 N–H and O–H groups in total. The van der Waals surface area contributed by atoms with Gasteiger partial charge < -0.3 is 19.2 Å². The molecule has 0 aliphatic carbocycles. The number of benzene rings is 2. The molecule has 0 saturated carbocycles. The number of aliphatic carboxylic acids is 1. The van der Waals surface area contributed by atoms with Crippen molar-refractivity contribution in [2.24, 2.45) is 0 Å². The van der Waals surface area contributed by atoms with Crippen LogP contribution in [-0.2, 0) is 20.7 Å². The molecule has 1 aliphatic rings. The van der Waals surface area contributed by atoms with Crippen molar-refractivity contribution in [3.63, 3.8) is 0 Å². The quantitative estimate of drug-likeness (QED) is 0.689. The fraction of sp³-hybridized carbons (Fsp3) is 0.409. The Morgan fingerprint density at radius 1 is 1.07 bits per heavy atom. The van der Waals surface area contributed by atoms with E-state index in [0.717, 1.165) is 5.56 Å². The summed E-state index contributed by atoms with van der Waals surface area (Å²) in [6.45, 7) is 7.85. The van der Waals surface area contributed by atoms with Crippen LogP contribution in [0.5, 0.6) is 5.75 Å². The number of halogens is 1. The van der Waals surface area contributed by atoms with Crippen molar-refractivity contribution in [1.29, 1.82) is 0 Å². The van der Waals surface area contributed by atoms with Gasteiger partial charge in [-0.25, -0.2) is 4.39 Å². The normalized spacial score (nSPS) is 18.4. The maximum atomic E-state index is 13.7. The minimum absolute atomic E-state index is 0.113. The highest BCUT2D eigenvalue weighted by Crippen LogP contribution is 2.41. The van der Waals surface area contributed by atoms with E-state index in [4.69, 9.17) is 14.0 Å². The van der Waals surface area contributed by atoms with Gasteiger partial charge in [-0.15, -0.1) is 0 Å². The second kappa shape index (κ2) is 8.16. The summed E-state index contributed by atoms with van der Waals surface area (Å²) >= 11 is 0. The molecule has 3 rings (SSSR count). The number of hydrogen-bond acceptors (Lipinski definition) is 4. The van der Waals surface area contributed by atoms with Gasteiger partial charge in [0.25, 0.3) is 0 Å². The third kappa shape index (κ3) is 4.79. The van der Waals surface area contributed by atoms with Crippen molar-refractivity contribution in [2.75, 3.05) is 0 Å². The molecule has 0 spiro atoms. The van der Waals surface area contributed by atoms with Gasteiger partial charge in [-0.1, -0.05) is 30.3 Å². The molecule has 1 heterocycles. The molecule has 1 aliphatic heterocycles. The Hall–Kier alpha value is -2.38. The Morgan fingerprint density at radius 3 is 2.21 bits per heavy atom. The summed E-state index contributed by atoms with van der Waals surface area (Å²) in [6.07, 6.45) is -0.119. The number of ether oxygens (including phenoxy) is 1. The van der Waals surface area contributed by atoms with Crippen LogP contribution in [0.2, 0.25) is 0 Å². The van der Waals surface area contributed by atoms with Gasteiger partial charge in [0.05, 0.1) is 17.6 Å². The van der Waals surface area contributed by atoms with E-state index in [1.54, 1.807) is 42.5 Å². The Balaban J connectivity index is 1.74. The second-order valence-corrected chi connectivity index (χ2v) is 8.28. The van der Waals surface area contributed by atoms with Crippen molar-refractivity contribution < 1.29 is 28.3 Å². The molecule has 1 atom stereocenters. The van der Waals surface area contributed by atoms with Gasteiger partial charge in [-0.05, 0) is 51.5 Å². The summed E-state index contributed by atoms with van der Waals surface area (Å²) in [4.78, 5) is 11.4. The summed E-state index contributed by atoms with van der Waals surface area (Å²) in [7, 11) is -0.665. The molecule has 29 heavy (non-hydrogen) atoms. The molecule has 0 bridgehead atoms. The van der Waals surface area contributed by atoms with E-state index in [2.05, 4.69) is 0 Å². The first-order valence-corrected chi connectivity index (χ1v) is 9.63. The Morgan fingerprint density at radius 2 is 1.66 bits per heavy atom. The summed E-state index contributed by atoms with van der Waals surface area (Å²) in [5.74, 6) is -1.13. The first-order valence-electron chi connectivity index (χ1n) is 9.63. The van der Waals surface area contributed by atoms with Crippen LogP contribution in [-0.4, -0.2) is 29.4 Å². The maximum absolute atomic E-state index is 13.7. The van der Waals surface area contributed by atoms with Gasteiger partial charge in [0.1, 0.15) is 18.2 Å². The fourth-order valence-corrected chi connectivity index (χ4v) is 3.20. The predicted molar refractivity (Wildman–Crippen MR) is 108 cm³/mol. The highest BCUT2D eigenvalue weighted by molar-refractivity contribution is 6.48. The highest BCUT2D eigenvalue weighted by atomic mass is 19.1. The van der Waals surface area contributed by atoms with Crippen molar-refractivity contribution in [3.05, 3.63) is 65.5 Å². The van der Waals surface area contributed by atoms with E-state index in [0.29, 0.717) is 11.3 Å². The summed E-state index contributed by atoms with van der Waals surface area (Å²) in [6, 6.07) is 13.5. The summed E-state index contributed by atoms with van der Waals surface area (Å²) < 4.78 is 31.5. The van der Waals surface area contributed by atoms with Gasteiger partial charge in [0.15, 0.2) is 0 Å². The fourth-order valence-electron chi connectivity index (χ4n) is 3.20. The van der Waals surface area contributed by atoms with Crippen LogP contribution >= 0.6 is 0 Å². The monoisotopic (exact) mass is 400 g/mol. The molecule has 5 nitrogen and oxygen atoms in total. The topological polar surface area (TPSA) is 65.0 Å². The predicted octanol–water partition coefficient (Wildman–Crippen LogP) is 4.59. The lowest BCUT2D eigenvalue weighted by Crippen LogP contribution is -2.41. The summed E-state index contributed by atoms with van der Waals surface area (Å²) in [5, 5.41) is 9.39. The lowest BCUT2D eigenvalue weighted by Gasteiger charge is -2.32. The van der Waals surface area contributed by atoms with Crippen LogP contribution in [0, 0.1) is 5.82 Å². The van der Waals surface area contributed by atoms with E-state index in [1.165, 1.54) is 6.07 Å². The molecule has 1 saturated heterocycles. The third-order valence-corrected chi connectivity index (χ3v) is 5.65. The zero-order valence-corrected chi connectivity index (χ0v) is 17.1. The smallest absolute Gasteiger partial charge is 0.466 e. The molecule has 2 aromatic carbocycles. The lowest BCUT2D eigenvalue weighted by molar-refractivity contribution is -0.137. The first-order chi connectivity index (χ1) is 13.6. The molecule has 1 fully saturated rings. The average Bonchev–Trinajstić information content (AvgIpc) is 2.87. The third-order valence-electron chi connectivity index (χ3n) is 5.65. The highest BCUT2D eigenvalue weighted by Gasteiger charge is 2.54. The van der Waals surface area contributed by atoms with E-state index >= 15 is 0 Å².